The smallest absolute Gasteiger partial charge is 0.256 e. The van der Waals surface area contributed by atoms with Crippen LogP contribution in [0.15, 0.2) is 59.2 Å². The van der Waals surface area contributed by atoms with Gasteiger partial charge in [0.1, 0.15) is 0 Å². The molecule has 0 unspecified atom stereocenters. The fraction of sp³-hybridized carbons (Fsp3) is 0.0588. The van der Waals surface area contributed by atoms with Crippen molar-refractivity contribution in [3.63, 3.8) is 0 Å². The van der Waals surface area contributed by atoms with Gasteiger partial charge in [0.05, 0.1) is 16.8 Å². The minimum atomic E-state index is -0.149. The lowest BCUT2D eigenvalue weighted by Gasteiger charge is -2.09. The number of para-hydroxylation sites is 1. The van der Waals surface area contributed by atoms with Crippen LogP contribution in [-0.4, -0.2) is 10.9 Å². The van der Waals surface area contributed by atoms with E-state index in [-0.39, 0.29) is 5.91 Å². The number of benzene rings is 2. The van der Waals surface area contributed by atoms with Crippen molar-refractivity contribution in [1.29, 1.82) is 0 Å². The first-order valence-corrected chi connectivity index (χ1v) is 7.36. The molecule has 0 aliphatic rings. The molecule has 21 heavy (non-hydrogen) atoms. The molecule has 0 bridgehead atoms. The highest BCUT2D eigenvalue weighted by atomic mass is 79.9. The minimum Gasteiger partial charge on any atom is -0.320 e. The van der Waals surface area contributed by atoms with Crippen LogP contribution in [0.2, 0.25) is 0 Å². The van der Waals surface area contributed by atoms with E-state index in [0.29, 0.717) is 11.3 Å². The molecule has 0 saturated carbocycles. The lowest BCUT2D eigenvalue weighted by Crippen LogP contribution is -2.13. The van der Waals surface area contributed by atoms with Crippen molar-refractivity contribution in [3.8, 4) is 0 Å². The van der Waals surface area contributed by atoms with Crippen LogP contribution >= 0.6 is 15.9 Å². The number of aryl methyl sites for hydroxylation is 1. The zero-order chi connectivity index (χ0) is 14.8. The number of nitrogens with one attached hydrogen (secondary N) is 1. The Bertz CT molecular complexity index is 825. The van der Waals surface area contributed by atoms with E-state index in [0.717, 1.165) is 20.9 Å². The van der Waals surface area contributed by atoms with E-state index < -0.39 is 0 Å². The predicted octanol–water partition coefficient (Wildman–Crippen LogP) is 4.56. The van der Waals surface area contributed by atoms with Gasteiger partial charge in [-0.15, -0.1) is 0 Å². The van der Waals surface area contributed by atoms with Crippen molar-refractivity contribution in [2.24, 2.45) is 0 Å². The molecule has 1 amide bonds. The number of anilines is 1. The third-order valence-electron chi connectivity index (χ3n) is 3.25. The lowest BCUT2D eigenvalue weighted by atomic mass is 10.1. The Labute approximate surface area is 131 Å². The van der Waals surface area contributed by atoms with Crippen LogP contribution in [0, 0.1) is 6.92 Å². The van der Waals surface area contributed by atoms with Crippen LogP contribution in [0.3, 0.4) is 0 Å². The average Bonchev–Trinajstić information content (AvgIpc) is 2.50. The number of fused-ring (bicyclic) bond motifs is 1. The molecule has 104 valence electrons. The van der Waals surface area contributed by atoms with E-state index in [1.807, 2.05) is 55.5 Å². The van der Waals surface area contributed by atoms with Crippen molar-refractivity contribution in [2.45, 2.75) is 6.92 Å². The van der Waals surface area contributed by atoms with E-state index in [4.69, 9.17) is 0 Å². The predicted molar refractivity (Wildman–Crippen MR) is 88.6 cm³/mol. The Kier molecular flexibility index (Phi) is 3.71. The molecule has 0 aliphatic carbocycles. The van der Waals surface area contributed by atoms with Crippen LogP contribution in [-0.2, 0) is 0 Å². The summed E-state index contributed by atoms with van der Waals surface area (Å²) in [6.45, 7) is 1.96. The maximum Gasteiger partial charge on any atom is 0.256 e. The SMILES string of the molecule is Cc1ccc(Br)c(C(=O)Nc2cccc3cccnc23)c1. The zero-order valence-electron chi connectivity index (χ0n) is 11.4. The van der Waals surface area contributed by atoms with Gasteiger partial charge in [-0.3, -0.25) is 9.78 Å². The molecule has 0 atom stereocenters. The fourth-order valence-corrected chi connectivity index (χ4v) is 2.63. The van der Waals surface area contributed by atoms with Gasteiger partial charge in [-0.1, -0.05) is 29.8 Å². The largest absolute Gasteiger partial charge is 0.320 e. The van der Waals surface area contributed by atoms with Crippen LogP contribution < -0.4 is 5.32 Å². The third-order valence-corrected chi connectivity index (χ3v) is 3.94. The summed E-state index contributed by atoms with van der Waals surface area (Å²) < 4.78 is 0.777. The molecule has 0 aliphatic heterocycles. The van der Waals surface area contributed by atoms with E-state index in [2.05, 4.69) is 26.2 Å². The van der Waals surface area contributed by atoms with Crippen LogP contribution in [0.4, 0.5) is 5.69 Å². The molecule has 2 aromatic carbocycles. The Morgan fingerprint density at radius 1 is 1.14 bits per heavy atom. The molecular weight excluding hydrogens is 328 g/mol. The number of amides is 1. The molecular formula is C17H13BrN2O. The zero-order valence-corrected chi connectivity index (χ0v) is 13.0. The Hall–Kier alpha value is -2.20. The quantitative estimate of drug-likeness (QED) is 0.743. The molecule has 1 heterocycles. The molecule has 0 fully saturated rings. The van der Waals surface area contributed by atoms with Gasteiger partial charge in [0.25, 0.3) is 5.91 Å². The molecule has 0 spiro atoms. The normalized spacial score (nSPS) is 10.6. The second-order valence-corrected chi connectivity index (χ2v) is 5.67. The molecule has 0 saturated heterocycles. The maximum absolute atomic E-state index is 12.5. The molecule has 3 aromatic rings. The summed E-state index contributed by atoms with van der Waals surface area (Å²) >= 11 is 3.42. The summed E-state index contributed by atoms with van der Waals surface area (Å²) in [6, 6.07) is 15.3. The van der Waals surface area contributed by atoms with Crippen LogP contribution in [0.25, 0.3) is 10.9 Å². The molecule has 3 nitrogen and oxygen atoms in total. The Morgan fingerprint density at radius 2 is 1.95 bits per heavy atom. The topological polar surface area (TPSA) is 42.0 Å². The number of carbonyl (C=O) groups excluding carboxylic acids is 1. The van der Waals surface area contributed by atoms with Crippen LogP contribution in [0.1, 0.15) is 15.9 Å². The lowest BCUT2D eigenvalue weighted by molar-refractivity contribution is 0.102. The molecule has 3 rings (SSSR count). The number of halogens is 1. The minimum absolute atomic E-state index is 0.149. The van der Waals surface area contributed by atoms with E-state index in [1.54, 1.807) is 6.20 Å². The summed E-state index contributed by atoms with van der Waals surface area (Å²) in [5, 5.41) is 3.94. The van der Waals surface area contributed by atoms with Crippen molar-refractivity contribution in [1.82, 2.24) is 4.98 Å². The second-order valence-electron chi connectivity index (χ2n) is 4.82. The van der Waals surface area contributed by atoms with Crippen molar-refractivity contribution < 1.29 is 4.79 Å². The summed E-state index contributed by atoms with van der Waals surface area (Å²) in [7, 11) is 0. The van der Waals surface area contributed by atoms with E-state index in [9.17, 15) is 4.79 Å². The number of hydrogen-bond donors (Lipinski definition) is 1. The van der Waals surface area contributed by atoms with E-state index >= 15 is 0 Å². The highest BCUT2D eigenvalue weighted by molar-refractivity contribution is 9.10. The molecule has 0 radical (unpaired) electrons. The third kappa shape index (κ3) is 2.81. The first kappa shape index (κ1) is 13.8. The van der Waals surface area contributed by atoms with Gasteiger partial charge >= 0.3 is 0 Å². The highest BCUT2D eigenvalue weighted by Crippen LogP contribution is 2.23. The van der Waals surface area contributed by atoms with Crippen LogP contribution in [0.5, 0.6) is 0 Å². The van der Waals surface area contributed by atoms with Crippen molar-refractivity contribution in [3.05, 3.63) is 70.3 Å². The fourth-order valence-electron chi connectivity index (χ4n) is 2.21. The summed E-state index contributed by atoms with van der Waals surface area (Å²) in [6.07, 6.45) is 1.72. The number of hydrogen-bond acceptors (Lipinski definition) is 2. The van der Waals surface area contributed by atoms with Gasteiger partial charge in [0.2, 0.25) is 0 Å². The number of nitrogens with zero attached hydrogens (tertiary/aromatic N) is 1. The summed E-state index contributed by atoms with van der Waals surface area (Å²) in [5.41, 5.74) is 3.16. The van der Waals surface area contributed by atoms with E-state index in [1.165, 1.54) is 0 Å². The Morgan fingerprint density at radius 3 is 2.81 bits per heavy atom. The number of rotatable bonds is 2. The first-order chi connectivity index (χ1) is 10.1. The van der Waals surface area contributed by atoms with Crippen molar-refractivity contribution >= 4 is 38.4 Å². The maximum atomic E-state index is 12.5. The standard InChI is InChI=1S/C17H13BrN2O/c1-11-7-8-14(18)13(10-11)17(21)20-15-6-2-4-12-5-3-9-19-16(12)15/h2-10H,1H3,(H,20,21). The van der Waals surface area contributed by atoms with Gasteiger partial charge < -0.3 is 5.32 Å². The van der Waals surface area contributed by atoms with Gasteiger partial charge in [-0.2, -0.15) is 0 Å². The number of carbonyl (C=O) groups is 1. The van der Waals surface area contributed by atoms with Gasteiger partial charge in [0, 0.05) is 16.1 Å². The number of pyridine rings is 1. The summed E-state index contributed by atoms with van der Waals surface area (Å²) in [5.74, 6) is -0.149. The summed E-state index contributed by atoms with van der Waals surface area (Å²) in [4.78, 5) is 16.8. The second kappa shape index (κ2) is 5.66. The van der Waals surface area contributed by atoms with Gasteiger partial charge in [0.15, 0.2) is 0 Å². The molecule has 1 aromatic heterocycles. The van der Waals surface area contributed by atoms with Crippen molar-refractivity contribution in [2.75, 3.05) is 5.32 Å². The molecule has 1 N–H and O–H groups in total. The Balaban J connectivity index is 1.99. The highest BCUT2D eigenvalue weighted by Gasteiger charge is 2.12. The first-order valence-electron chi connectivity index (χ1n) is 6.56. The monoisotopic (exact) mass is 340 g/mol. The van der Waals surface area contributed by atoms with Gasteiger partial charge in [-0.25, -0.2) is 0 Å². The average molecular weight is 341 g/mol. The molecule has 4 heteroatoms. The van der Waals surface area contributed by atoms with Gasteiger partial charge in [-0.05, 0) is 47.1 Å². The number of aromatic nitrogens is 1.